The number of H-pyrrole nitrogens is 1. The Balaban J connectivity index is 0.000000162. The molecule has 0 bridgehead atoms. The van der Waals surface area contributed by atoms with Crippen LogP contribution in [0.5, 0.6) is 0 Å². The summed E-state index contributed by atoms with van der Waals surface area (Å²) in [7, 11) is 0. The van der Waals surface area contributed by atoms with E-state index in [1.54, 1.807) is 6.92 Å². The predicted octanol–water partition coefficient (Wildman–Crippen LogP) is 1.86. The Morgan fingerprint density at radius 1 is 1.27 bits per heavy atom. The van der Waals surface area contributed by atoms with Crippen molar-refractivity contribution in [2.24, 2.45) is 0 Å². The lowest BCUT2D eigenvalue weighted by atomic mass is 10.2. The molecule has 0 aliphatic heterocycles. The molecular weight excluding hydrogens is 194 g/mol. The minimum Gasteiger partial charge on any atom is -0.417 e. The molecule has 0 fully saturated rings. The van der Waals surface area contributed by atoms with Crippen molar-refractivity contribution >= 4 is 5.78 Å². The van der Waals surface area contributed by atoms with E-state index in [1.165, 1.54) is 12.5 Å². The van der Waals surface area contributed by atoms with Crippen molar-refractivity contribution in [3.8, 4) is 0 Å². The number of rotatable bonds is 1. The van der Waals surface area contributed by atoms with E-state index in [-0.39, 0.29) is 5.78 Å². The van der Waals surface area contributed by atoms with Gasteiger partial charge in [-0.1, -0.05) is 30.3 Å². The number of Topliss-reactive ketones (excluding diaryl/α,β-unsaturated/α-hetero) is 1. The second-order valence-electron chi connectivity index (χ2n) is 2.77. The molecule has 4 heteroatoms. The first-order chi connectivity index (χ1) is 7.20. The van der Waals surface area contributed by atoms with Crippen LogP contribution in [0, 0.1) is 0 Å². The summed E-state index contributed by atoms with van der Waals surface area (Å²) in [6, 6.07) is 9.23. The second-order valence-corrected chi connectivity index (χ2v) is 2.77. The number of aromatic amines is 1. The molecule has 0 radical (unpaired) electrons. The van der Waals surface area contributed by atoms with Crippen molar-refractivity contribution < 1.29 is 9.21 Å². The van der Waals surface area contributed by atoms with Gasteiger partial charge in [0.25, 0.3) is 0 Å². The summed E-state index contributed by atoms with van der Waals surface area (Å²) < 4.78 is 4.22. The number of carbonyl (C=O) groups excluding carboxylic acids is 1. The van der Waals surface area contributed by atoms with Gasteiger partial charge in [-0.25, -0.2) is 4.79 Å². The molecule has 2 rings (SSSR count). The summed E-state index contributed by atoms with van der Waals surface area (Å²) >= 11 is 0. The van der Waals surface area contributed by atoms with E-state index in [4.69, 9.17) is 0 Å². The van der Waals surface area contributed by atoms with Gasteiger partial charge in [0.1, 0.15) is 6.26 Å². The first-order valence-corrected chi connectivity index (χ1v) is 4.38. The van der Waals surface area contributed by atoms with Crippen molar-refractivity contribution in [3.63, 3.8) is 0 Å². The normalized spacial score (nSPS) is 8.87. The monoisotopic (exact) mass is 205 g/mol. The molecule has 0 spiro atoms. The van der Waals surface area contributed by atoms with E-state index in [1.807, 2.05) is 30.3 Å². The minimum absolute atomic E-state index is 0.121. The zero-order valence-electron chi connectivity index (χ0n) is 8.27. The maximum absolute atomic E-state index is 10.6. The van der Waals surface area contributed by atoms with Crippen LogP contribution in [0.4, 0.5) is 0 Å². The largest absolute Gasteiger partial charge is 0.417 e. The molecule has 1 aromatic heterocycles. The fourth-order valence-electron chi connectivity index (χ4n) is 0.905. The Morgan fingerprint density at radius 3 is 2.20 bits per heavy atom. The van der Waals surface area contributed by atoms with Crippen LogP contribution in [0.2, 0.25) is 0 Å². The molecule has 0 aliphatic carbocycles. The Hall–Kier alpha value is -2.10. The zero-order valence-corrected chi connectivity index (χ0v) is 8.27. The zero-order chi connectivity index (χ0) is 11.1. The van der Waals surface area contributed by atoms with Crippen LogP contribution in [-0.2, 0) is 0 Å². The van der Waals surface area contributed by atoms with Gasteiger partial charge < -0.3 is 4.42 Å². The molecule has 1 heterocycles. The van der Waals surface area contributed by atoms with Crippen LogP contribution < -0.4 is 5.76 Å². The predicted molar refractivity (Wildman–Crippen MR) is 55.8 cm³/mol. The summed E-state index contributed by atoms with van der Waals surface area (Å²) in [6.07, 6.45) is 2.73. The third kappa shape index (κ3) is 4.08. The first-order valence-electron chi connectivity index (χ1n) is 4.38. The van der Waals surface area contributed by atoms with Crippen LogP contribution in [0.3, 0.4) is 0 Å². The quantitative estimate of drug-likeness (QED) is 0.722. The molecule has 15 heavy (non-hydrogen) atoms. The number of oxazole rings is 1. The smallest absolute Gasteiger partial charge is 0.416 e. The Morgan fingerprint density at radius 2 is 1.93 bits per heavy atom. The minimum atomic E-state index is -0.407. The lowest BCUT2D eigenvalue weighted by Gasteiger charge is -1.89. The fourth-order valence-corrected chi connectivity index (χ4v) is 0.905. The molecule has 4 nitrogen and oxygen atoms in total. The highest BCUT2D eigenvalue weighted by Gasteiger charge is 1.92. The van der Waals surface area contributed by atoms with Gasteiger partial charge in [0.15, 0.2) is 5.78 Å². The number of aromatic nitrogens is 1. The topological polar surface area (TPSA) is 63.1 Å². The van der Waals surface area contributed by atoms with Crippen molar-refractivity contribution in [2.75, 3.05) is 0 Å². The molecule has 78 valence electrons. The molecule has 1 N–H and O–H groups in total. The highest BCUT2D eigenvalue weighted by Crippen LogP contribution is 1.97. The van der Waals surface area contributed by atoms with E-state index < -0.39 is 5.76 Å². The van der Waals surface area contributed by atoms with Crippen molar-refractivity contribution in [3.05, 3.63) is 58.9 Å². The average molecular weight is 205 g/mol. The SMILES string of the molecule is CC(=O)c1ccccc1.O=c1[nH]cco1. The van der Waals surface area contributed by atoms with Gasteiger partial charge in [-0.15, -0.1) is 0 Å². The van der Waals surface area contributed by atoms with Crippen LogP contribution in [0.15, 0.2) is 52.0 Å². The third-order valence-corrected chi connectivity index (χ3v) is 1.62. The highest BCUT2D eigenvalue weighted by atomic mass is 16.4. The van der Waals surface area contributed by atoms with Gasteiger partial charge in [0, 0.05) is 11.8 Å². The molecule has 0 aliphatic rings. The summed E-state index contributed by atoms with van der Waals surface area (Å²) in [6.45, 7) is 1.56. The van der Waals surface area contributed by atoms with Crippen LogP contribution in [0.25, 0.3) is 0 Å². The van der Waals surface area contributed by atoms with E-state index in [2.05, 4.69) is 9.40 Å². The standard InChI is InChI=1S/C8H8O.C3H3NO2/c1-7(9)8-5-3-2-4-6-8;5-3-4-1-2-6-3/h2-6H,1H3;1-2H,(H,4,5). The number of nitrogens with one attached hydrogen (secondary N) is 1. The summed E-state index contributed by atoms with van der Waals surface area (Å²) in [5, 5.41) is 0. The summed E-state index contributed by atoms with van der Waals surface area (Å²) in [4.78, 5) is 22.8. The maximum atomic E-state index is 10.6. The average Bonchev–Trinajstić information content (AvgIpc) is 2.71. The van der Waals surface area contributed by atoms with E-state index >= 15 is 0 Å². The number of hydrogen-bond acceptors (Lipinski definition) is 3. The molecule has 0 saturated carbocycles. The molecule has 2 aromatic rings. The van der Waals surface area contributed by atoms with E-state index in [9.17, 15) is 9.59 Å². The number of hydrogen-bond donors (Lipinski definition) is 1. The lowest BCUT2D eigenvalue weighted by molar-refractivity contribution is 0.101. The van der Waals surface area contributed by atoms with E-state index in [0.717, 1.165) is 5.56 Å². The molecular formula is C11H11NO3. The van der Waals surface area contributed by atoms with E-state index in [0.29, 0.717) is 0 Å². The maximum Gasteiger partial charge on any atom is 0.416 e. The molecule has 1 aromatic carbocycles. The van der Waals surface area contributed by atoms with Crippen molar-refractivity contribution in [1.29, 1.82) is 0 Å². The van der Waals surface area contributed by atoms with Gasteiger partial charge in [-0.2, -0.15) is 0 Å². The second kappa shape index (κ2) is 5.59. The summed E-state index contributed by atoms with van der Waals surface area (Å²) in [5.41, 5.74) is 0.775. The van der Waals surface area contributed by atoms with Gasteiger partial charge >= 0.3 is 5.76 Å². The van der Waals surface area contributed by atoms with Crippen LogP contribution in [0.1, 0.15) is 17.3 Å². The van der Waals surface area contributed by atoms with Gasteiger partial charge in [0.2, 0.25) is 0 Å². The van der Waals surface area contributed by atoms with Crippen LogP contribution >= 0.6 is 0 Å². The fraction of sp³-hybridized carbons (Fsp3) is 0.0909. The van der Waals surface area contributed by atoms with Crippen molar-refractivity contribution in [2.45, 2.75) is 6.92 Å². The van der Waals surface area contributed by atoms with Crippen LogP contribution in [-0.4, -0.2) is 10.8 Å². The Labute approximate surface area is 86.6 Å². The Kier molecular flexibility index (Phi) is 4.09. The Bertz CT molecular complexity index is 439. The molecule has 0 amide bonds. The van der Waals surface area contributed by atoms with Gasteiger partial charge in [-0.05, 0) is 6.92 Å². The van der Waals surface area contributed by atoms with Gasteiger partial charge in [0.05, 0.1) is 0 Å². The molecule has 0 atom stereocenters. The first kappa shape index (κ1) is 11.0. The molecule has 0 saturated heterocycles. The number of carbonyl (C=O) groups is 1. The summed E-state index contributed by atoms with van der Waals surface area (Å²) in [5.74, 6) is -0.286. The van der Waals surface area contributed by atoms with Crippen molar-refractivity contribution in [1.82, 2.24) is 4.98 Å². The third-order valence-electron chi connectivity index (χ3n) is 1.62. The number of ketones is 1. The van der Waals surface area contributed by atoms with Gasteiger partial charge in [-0.3, -0.25) is 9.78 Å². The highest BCUT2D eigenvalue weighted by molar-refractivity contribution is 5.93. The lowest BCUT2D eigenvalue weighted by Crippen LogP contribution is -1.91. The number of benzene rings is 1. The molecule has 0 unspecified atom stereocenters.